The Labute approximate surface area is 482 Å². The van der Waals surface area contributed by atoms with E-state index in [0.29, 0.717) is 23.6 Å². The molecule has 2 unspecified atom stereocenters. The third-order valence-corrected chi connectivity index (χ3v) is 19.7. The number of likely N-dealkylation sites (tertiary alicyclic amines) is 2. The zero-order valence-electron chi connectivity index (χ0n) is 48.7. The van der Waals surface area contributed by atoms with E-state index in [0.717, 1.165) is 47.9 Å². The van der Waals surface area contributed by atoms with E-state index in [4.69, 9.17) is 0 Å². The lowest BCUT2D eigenvalue weighted by Crippen LogP contribution is -2.59. The summed E-state index contributed by atoms with van der Waals surface area (Å²) in [6, 6.07) is 16.3. The fourth-order valence-electron chi connectivity index (χ4n) is 11.7. The van der Waals surface area contributed by atoms with E-state index >= 15 is 0 Å². The molecule has 2 fully saturated rings. The van der Waals surface area contributed by atoms with E-state index in [1.54, 1.807) is 69.5 Å². The molecule has 8 rings (SSSR count). The van der Waals surface area contributed by atoms with Crippen LogP contribution in [-0.4, -0.2) is 138 Å². The number of hydrogen-bond acceptors (Lipinski definition) is 12. The first kappa shape index (κ1) is 61.8. The van der Waals surface area contributed by atoms with Crippen molar-refractivity contribution in [2.24, 2.45) is 10.8 Å². The molecule has 4 aromatic rings. The Balaban J connectivity index is 1.01. The lowest BCUT2D eigenvalue weighted by atomic mass is 9.85. The highest BCUT2D eigenvalue weighted by Crippen LogP contribution is 2.35. The molecular weight excluding hydrogens is 1080 g/mol. The van der Waals surface area contributed by atoms with E-state index in [1.165, 1.54) is 46.2 Å². The first-order chi connectivity index (χ1) is 38.6. The van der Waals surface area contributed by atoms with Crippen molar-refractivity contribution in [3.63, 3.8) is 0 Å². The molecule has 0 radical (unpaired) electrons. The number of sulfonamides is 2. The summed E-state index contributed by atoms with van der Waals surface area (Å²) in [6.45, 7) is 13.8. The minimum Gasteiger partial charge on any atom is -0.347 e. The first-order valence-corrected chi connectivity index (χ1v) is 31.5. The Morgan fingerprint density at radius 3 is 1.26 bits per heavy atom. The van der Waals surface area contributed by atoms with Gasteiger partial charge in [0.05, 0.1) is 34.0 Å². The van der Waals surface area contributed by atoms with Crippen molar-refractivity contribution in [3.8, 4) is 0 Å². The normalized spacial score (nSPS) is 22.7. The van der Waals surface area contributed by atoms with Gasteiger partial charge in [0.15, 0.2) is 0 Å². The summed E-state index contributed by atoms with van der Waals surface area (Å²) in [7, 11) is -5.41. The van der Waals surface area contributed by atoms with Gasteiger partial charge in [0.25, 0.3) is 0 Å². The van der Waals surface area contributed by atoms with Crippen LogP contribution < -0.4 is 41.3 Å². The number of aryl methyl sites for hydroxylation is 2. The fraction of sp³-hybridized carbons (Fsp3) is 0.533. The standard InChI is InChI=1S/C60H82N10O10S2/c1-35(61-9)53(71)65-51(59(3,4)5)57(75)69-33-41(31-49(69)55(73)63-47-23-15-19-37-17-11-13-21-45(37)47)67-81(77,78)43-27-25-40-30-44(28-26-39(40)29-43)82(79,80)68-42-32-50(56(74)64-48-24-16-20-38-18-12-14-22-46(38)48)70(34-42)58(76)52(60(6,7)8)66-54(72)36(2)62-10/h11-14,17-18,21-22,25-30,35-36,41-42,47-52,61-62,67-68H,15-16,19-20,23-24,31-34H2,1-10H3,(H,63,73)(H,64,74)(H,65,71)(H,66,72)/t35-,36-,41-,42-,47?,48?,49-,50-,51+,52+/m0/s1. The molecule has 4 aliphatic rings. The molecule has 0 spiro atoms. The summed E-state index contributed by atoms with van der Waals surface area (Å²) in [4.78, 5) is 87.2. The number of carbonyl (C=O) groups excluding carboxylic acids is 6. The highest BCUT2D eigenvalue weighted by atomic mass is 32.2. The van der Waals surface area contributed by atoms with Crippen molar-refractivity contribution < 1.29 is 45.6 Å². The third kappa shape index (κ3) is 13.9. The van der Waals surface area contributed by atoms with Crippen LogP contribution in [0.15, 0.2) is 94.7 Å². The number of likely N-dealkylation sites (N-methyl/N-ethyl adjacent to an activating group) is 2. The van der Waals surface area contributed by atoms with E-state index in [9.17, 15) is 45.6 Å². The van der Waals surface area contributed by atoms with Crippen LogP contribution in [0.5, 0.6) is 0 Å². The van der Waals surface area contributed by atoms with E-state index < -0.39 is 115 Å². The molecule has 10 atom stereocenters. The highest BCUT2D eigenvalue weighted by molar-refractivity contribution is 7.89. The Kier molecular flexibility index (Phi) is 18.7. The van der Waals surface area contributed by atoms with Crippen LogP contribution in [-0.2, 0) is 61.7 Å². The third-order valence-electron chi connectivity index (χ3n) is 16.6. The summed E-state index contributed by atoms with van der Waals surface area (Å²) in [5.41, 5.74) is 2.64. The minimum absolute atomic E-state index is 0.0538. The Morgan fingerprint density at radius 1 is 0.537 bits per heavy atom. The highest BCUT2D eigenvalue weighted by Gasteiger charge is 2.48. The summed E-state index contributed by atoms with van der Waals surface area (Å²) in [6.07, 6.45) is 4.70. The average Bonchev–Trinajstić information content (AvgIpc) is 4.11. The van der Waals surface area contributed by atoms with Gasteiger partial charge in [-0.3, -0.25) is 28.8 Å². The molecule has 6 amide bonds. The van der Waals surface area contributed by atoms with Crippen molar-refractivity contribution >= 4 is 66.3 Å². The van der Waals surface area contributed by atoms with Crippen LogP contribution in [0.1, 0.15) is 128 Å². The second-order valence-corrected chi connectivity index (χ2v) is 28.2. The quantitative estimate of drug-likeness (QED) is 0.0703. The van der Waals surface area contributed by atoms with Crippen LogP contribution >= 0.6 is 0 Å². The monoisotopic (exact) mass is 1170 g/mol. The molecule has 2 saturated heterocycles. The lowest BCUT2D eigenvalue weighted by molar-refractivity contribution is -0.144. The fourth-order valence-corrected chi connectivity index (χ4v) is 14.3. The molecule has 0 aromatic heterocycles. The van der Waals surface area contributed by atoms with Gasteiger partial charge >= 0.3 is 0 Å². The number of benzene rings is 4. The van der Waals surface area contributed by atoms with Gasteiger partial charge in [0.1, 0.15) is 24.2 Å². The number of rotatable bonds is 18. The second-order valence-electron chi connectivity index (χ2n) is 24.7. The zero-order chi connectivity index (χ0) is 59.6. The van der Waals surface area contributed by atoms with Gasteiger partial charge < -0.3 is 41.7 Å². The second kappa shape index (κ2) is 24.9. The van der Waals surface area contributed by atoms with E-state index in [1.807, 2.05) is 48.5 Å². The zero-order valence-corrected chi connectivity index (χ0v) is 50.4. The SMILES string of the molecule is CN[C@@H](C)C(=O)N[C@H](C(=O)N1C[C@@H](NS(=O)(=O)c2ccc3cc(S(=O)(=O)N[C@H]4C[C@@H](C(=O)NC5CCCc6ccccc65)N(C(=O)[C@@H](NC(=O)[C@H](C)NC)C(C)(C)C)C4)ccc3c2)C[C@H]1C(=O)NC1CCCc2ccccc21)C(C)(C)C. The molecule has 8 N–H and O–H groups in total. The van der Waals surface area contributed by atoms with Crippen LogP contribution in [0, 0.1) is 10.8 Å². The molecule has 0 saturated carbocycles. The Bertz CT molecular complexity index is 3090. The average molecular weight is 1170 g/mol. The topological polar surface area (TPSA) is 273 Å². The maximum absolute atomic E-state index is 14.7. The Hall–Kier alpha value is -6.30. The van der Waals surface area contributed by atoms with Crippen molar-refractivity contribution in [2.75, 3.05) is 27.2 Å². The molecule has 22 heteroatoms. The smallest absolute Gasteiger partial charge is 0.246 e. The van der Waals surface area contributed by atoms with Crippen LogP contribution in [0.25, 0.3) is 10.8 Å². The number of carbonyl (C=O) groups is 6. The first-order valence-electron chi connectivity index (χ1n) is 28.5. The van der Waals surface area contributed by atoms with Gasteiger partial charge in [-0.15, -0.1) is 0 Å². The van der Waals surface area contributed by atoms with Crippen LogP contribution in [0.2, 0.25) is 0 Å². The number of nitrogens with zero attached hydrogens (tertiary/aromatic N) is 2. The molecule has 2 heterocycles. The van der Waals surface area contributed by atoms with Gasteiger partial charge in [-0.05, 0) is 147 Å². The van der Waals surface area contributed by atoms with Crippen molar-refractivity contribution in [1.29, 1.82) is 0 Å². The molecule has 2 aliphatic heterocycles. The predicted molar refractivity (Wildman–Crippen MR) is 313 cm³/mol. The summed E-state index contributed by atoms with van der Waals surface area (Å²) >= 11 is 0. The molecule has 2 aliphatic carbocycles. The van der Waals surface area contributed by atoms with Gasteiger partial charge in [-0.1, -0.05) is 102 Å². The Morgan fingerprint density at radius 2 is 0.902 bits per heavy atom. The maximum atomic E-state index is 14.7. The van der Waals surface area contributed by atoms with E-state index in [2.05, 4.69) is 41.3 Å². The molecule has 0 bridgehead atoms. The summed E-state index contributed by atoms with van der Waals surface area (Å²) in [5, 5.41) is 18.6. The maximum Gasteiger partial charge on any atom is 0.246 e. The molecular formula is C60H82N10O10S2. The van der Waals surface area contributed by atoms with Gasteiger partial charge in [0.2, 0.25) is 55.5 Å². The van der Waals surface area contributed by atoms with Crippen molar-refractivity contribution in [2.45, 2.75) is 177 Å². The van der Waals surface area contributed by atoms with E-state index in [-0.39, 0.29) is 47.8 Å². The van der Waals surface area contributed by atoms with Gasteiger partial charge in [0, 0.05) is 25.2 Å². The molecule has 82 heavy (non-hydrogen) atoms. The molecule has 444 valence electrons. The van der Waals surface area contributed by atoms with Crippen LogP contribution in [0.4, 0.5) is 0 Å². The van der Waals surface area contributed by atoms with Gasteiger partial charge in [-0.25, -0.2) is 26.3 Å². The van der Waals surface area contributed by atoms with Crippen molar-refractivity contribution in [1.82, 2.24) is 51.1 Å². The minimum atomic E-state index is -4.33. The number of nitrogens with one attached hydrogen (secondary N) is 8. The number of amides is 6. The molecule has 20 nitrogen and oxygen atoms in total. The predicted octanol–water partition coefficient (Wildman–Crippen LogP) is 4.00. The van der Waals surface area contributed by atoms with Gasteiger partial charge in [-0.2, -0.15) is 0 Å². The largest absolute Gasteiger partial charge is 0.347 e. The summed E-state index contributed by atoms with van der Waals surface area (Å²) in [5.74, 6) is -2.76. The molecule has 4 aromatic carbocycles. The number of fused-ring (bicyclic) bond motifs is 3. The van der Waals surface area contributed by atoms with Crippen molar-refractivity contribution in [3.05, 3.63) is 107 Å². The number of hydrogen-bond donors (Lipinski definition) is 8. The lowest BCUT2D eigenvalue weighted by Gasteiger charge is -2.36. The summed E-state index contributed by atoms with van der Waals surface area (Å²) < 4.78 is 62.9. The van der Waals surface area contributed by atoms with Crippen LogP contribution in [0.3, 0.4) is 0 Å².